The summed E-state index contributed by atoms with van der Waals surface area (Å²) < 4.78 is 0. The van der Waals surface area contributed by atoms with Crippen molar-refractivity contribution in [3.8, 4) is 0 Å². The fourth-order valence-electron chi connectivity index (χ4n) is 3.26. The molecule has 1 aliphatic rings. The number of hydrogen-bond acceptors (Lipinski definition) is 3. The van der Waals surface area contributed by atoms with Crippen molar-refractivity contribution >= 4 is 22.5 Å². The van der Waals surface area contributed by atoms with E-state index in [1.54, 1.807) is 6.20 Å². The Kier molecular flexibility index (Phi) is 3.92. The molecule has 2 aromatic rings. The van der Waals surface area contributed by atoms with E-state index in [0.29, 0.717) is 0 Å². The third-order valence-corrected chi connectivity index (χ3v) is 4.47. The summed E-state index contributed by atoms with van der Waals surface area (Å²) in [4.78, 5) is 12.8. The number of benzene rings is 1. The van der Waals surface area contributed by atoms with Crippen LogP contribution in [0.5, 0.6) is 0 Å². The van der Waals surface area contributed by atoms with Crippen LogP contribution in [-0.2, 0) is 4.79 Å². The summed E-state index contributed by atoms with van der Waals surface area (Å²) in [5.41, 5.74) is 1.62. The van der Waals surface area contributed by atoms with Gasteiger partial charge in [0.1, 0.15) is 0 Å². The van der Waals surface area contributed by atoms with Crippen LogP contribution in [0.4, 0.5) is 5.69 Å². The van der Waals surface area contributed by atoms with E-state index in [2.05, 4.69) is 27.8 Å². The number of nitrogens with zero attached hydrogens (tertiary/aromatic N) is 1. The van der Waals surface area contributed by atoms with E-state index in [1.165, 1.54) is 0 Å². The van der Waals surface area contributed by atoms with Crippen molar-refractivity contribution in [2.45, 2.75) is 32.6 Å². The van der Waals surface area contributed by atoms with Gasteiger partial charge in [0.25, 0.3) is 0 Å². The molecule has 0 atom stereocenters. The molecule has 1 aromatic heterocycles. The average molecular weight is 286 g/mol. The van der Waals surface area contributed by atoms with Crippen molar-refractivity contribution in [3.63, 3.8) is 0 Å². The highest BCUT2D eigenvalue weighted by Crippen LogP contribution is 2.35. The number of fused-ring (bicyclic) bond motifs is 1. The fourth-order valence-corrected chi connectivity index (χ4v) is 3.26. The quantitative estimate of drug-likeness (QED) is 0.809. The lowest BCUT2D eigenvalue weighted by molar-refractivity contribution is -0.127. The maximum absolute atomic E-state index is 12.8. The molecule has 1 fully saturated rings. The van der Waals surface area contributed by atoms with E-state index >= 15 is 0 Å². The second-order valence-corrected chi connectivity index (χ2v) is 5.91. The largest absolute Gasteiger partial charge is 0.326 e. The third-order valence-electron chi connectivity index (χ3n) is 4.47. The molecule has 1 amide bonds. The first kappa shape index (κ1) is 14.1. The summed E-state index contributed by atoms with van der Waals surface area (Å²) in [5.74, 6) is 0.161. The standard InChI is InChI=1S/C16H22N4O/c1-2-5-16(6-8-17-9-7-16)15(21)19-13-3-4-14-12(10-13)11-18-20-14/h3-4,10-11,17H,2,5-9H2,1H3,(H,18,20)(H,19,21). The van der Waals surface area contributed by atoms with Crippen LogP contribution in [0, 0.1) is 5.41 Å². The first-order valence-electron chi connectivity index (χ1n) is 7.69. The number of nitrogens with one attached hydrogen (secondary N) is 3. The lowest BCUT2D eigenvalue weighted by Gasteiger charge is -2.36. The molecule has 0 aliphatic carbocycles. The van der Waals surface area contributed by atoms with Gasteiger partial charge in [0.15, 0.2) is 0 Å². The number of H-pyrrole nitrogens is 1. The molecule has 21 heavy (non-hydrogen) atoms. The minimum absolute atomic E-state index is 0.161. The molecule has 3 rings (SSSR count). The van der Waals surface area contributed by atoms with Crippen LogP contribution >= 0.6 is 0 Å². The third kappa shape index (κ3) is 2.78. The Morgan fingerprint density at radius 2 is 2.19 bits per heavy atom. The predicted molar refractivity (Wildman–Crippen MR) is 84.2 cm³/mol. The van der Waals surface area contributed by atoms with Crippen LogP contribution in [0.2, 0.25) is 0 Å². The van der Waals surface area contributed by atoms with Crippen LogP contribution < -0.4 is 10.6 Å². The molecule has 1 saturated heterocycles. The van der Waals surface area contributed by atoms with Crippen LogP contribution in [-0.4, -0.2) is 29.2 Å². The van der Waals surface area contributed by atoms with Crippen molar-refractivity contribution in [2.75, 3.05) is 18.4 Å². The summed E-state index contributed by atoms with van der Waals surface area (Å²) in [6.45, 7) is 4.00. The second kappa shape index (κ2) is 5.85. The number of rotatable bonds is 4. The molecule has 1 aromatic carbocycles. The molecule has 0 saturated carbocycles. The van der Waals surface area contributed by atoms with Gasteiger partial charge in [-0.2, -0.15) is 5.10 Å². The van der Waals surface area contributed by atoms with Crippen molar-refractivity contribution in [1.82, 2.24) is 15.5 Å². The van der Waals surface area contributed by atoms with Gasteiger partial charge in [-0.25, -0.2) is 0 Å². The smallest absolute Gasteiger partial charge is 0.230 e. The number of carbonyl (C=O) groups is 1. The average Bonchev–Trinajstić information content (AvgIpc) is 2.96. The maximum Gasteiger partial charge on any atom is 0.230 e. The lowest BCUT2D eigenvalue weighted by atomic mass is 9.74. The van der Waals surface area contributed by atoms with E-state index in [4.69, 9.17) is 0 Å². The van der Waals surface area contributed by atoms with Gasteiger partial charge in [-0.1, -0.05) is 13.3 Å². The Morgan fingerprint density at radius 3 is 2.95 bits per heavy atom. The van der Waals surface area contributed by atoms with E-state index in [-0.39, 0.29) is 11.3 Å². The van der Waals surface area contributed by atoms with Gasteiger partial charge in [-0.15, -0.1) is 0 Å². The Hall–Kier alpha value is -1.88. The van der Waals surface area contributed by atoms with Gasteiger partial charge in [0, 0.05) is 11.1 Å². The Labute approximate surface area is 124 Å². The molecule has 1 aliphatic heterocycles. The van der Waals surface area contributed by atoms with Crippen molar-refractivity contribution in [2.24, 2.45) is 5.41 Å². The first-order chi connectivity index (χ1) is 10.2. The summed E-state index contributed by atoms with van der Waals surface area (Å²) in [7, 11) is 0. The Bertz CT molecular complexity index is 622. The van der Waals surface area contributed by atoms with Crippen LogP contribution in [0.25, 0.3) is 10.9 Å². The topological polar surface area (TPSA) is 69.8 Å². The zero-order valence-electron chi connectivity index (χ0n) is 12.4. The number of aromatic nitrogens is 2. The molecule has 0 radical (unpaired) electrons. The van der Waals surface area contributed by atoms with Gasteiger partial charge in [0.05, 0.1) is 17.1 Å². The van der Waals surface area contributed by atoms with E-state index in [0.717, 1.165) is 55.4 Å². The molecule has 2 heterocycles. The first-order valence-corrected chi connectivity index (χ1v) is 7.69. The Morgan fingerprint density at radius 1 is 1.38 bits per heavy atom. The molecule has 0 bridgehead atoms. The van der Waals surface area contributed by atoms with E-state index in [1.807, 2.05) is 18.2 Å². The maximum atomic E-state index is 12.8. The van der Waals surface area contributed by atoms with Crippen molar-refractivity contribution in [1.29, 1.82) is 0 Å². The normalized spacial score (nSPS) is 17.8. The van der Waals surface area contributed by atoms with Crippen LogP contribution in [0.1, 0.15) is 32.6 Å². The van der Waals surface area contributed by atoms with E-state index < -0.39 is 0 Å². The highest BCUT2D eigenvalue weighted by Gasteiger charge is 2.38. The zero-order chi connectivity index (χ0) is 14.7. The SMILES string of the molecule is CCCC1(C(=O)Nc2ccc3[nH]ncc3c2)CCNCC1. The number of piperidine rings is 1. The molecule has 112 valence electrons. The monoisotopic (exact) mass is 286 g/mol. The summed E-state index contributed by atoms with van der Waals surface area (Å²) >= 11 is 0. The predicted octanol–water partition coefficient (Wildman–Crippen LogP) is 2.67. The van der Waals surface area contributed by atoms with Crippen molar-refractivity contribution in [3.05, 3.63) is 24.4 Å². The molecule has 3 N–H and O–H groups in total. The highest BCUT2D eigenvalue weighted by atomic mass is 16.2. The van der Waals surface area contributed by atoms with Crippen LogP contribution in [0.3, 0.4) is 0 Å². The molecular formula is C16H22N4O. The van der Waals surface area contributed by atoms with E-state index in [9.17, 15) is 4.79 Å². The number of hydrogen-bond donors (Lipinski definition) is 3. The Balaban J connectivity index is 1.79. The zero-order valence-corrected chi connectivity index (χ0v) is 12.4. The van der Waals surface area contributed by atoms with Crippen LogP contribution in [0.15, 0.2) is 24.4 Å². The van der Waals surface area contributed by atoms with Gasteiger partial charge < -0.3 is 10.6 Å². The van der Waals surface area contributed by atoms with Crippen molar-refractivity contribution < 1.29 is 4.79 Å². The second-order valence-electron chi connectivity index (χ2n) is 5.91. The highest BCUT2D eigenvalue weighted by molar-refractivity contribution is 5.97. The molecule has 5 nitrogen and oxygen atoms in total. The minimum atomic E-state index is -0.217. The number of amides is 1. The fraction of sp³-hybridized carbons (Fsp3) is 0.500. The summed E-state index contributed by atoms with van der Waals surface area (Å²) in [6, 6.07) is 5.85. The van der Waals surface area contributed by atoms with Gasteiger partial charge in [-0.3, -0.25) is 9.89 Å². The number of anilines is 1. The molecule has 0 spiro atoms. The molecule has 0 unspecified atom stereocenters. The minimum Gasteiger partial charge on any atom is -0.326 e. The summed E-state index contributed by atoms with van der Waals surface area (Å²) in [6.07, 6.45) is 5.60. The molecular weight excluding hydrogens is 264 g/mol. The summed E-state index contributed by atoms with van der Waals surface area (Å²) in [5, 5.41) is 14.4. The van der Waals surface area contributed by atoms with Gasteiger partial charge in [0.2, 0.25) is 5.91 Å². The number of carbonyl (C=O) groups excluding carboxylic acids is 1. The number of aromatic amines is 1. The molecule has 5 heteroatoms. The van der Waals surface area contributed by atoms with Gasteiger partial charge >= 0.3 is 0 Å². The van der Waals surface area contributed by atoms with Gasteiger partial charge in [-0.05, 0) is 50.6 Å². The lowest BCUT2D eigenvalue weighted by Crippen LogP contribution is -2.44.